The van der Waals surface area contributed by atoms with Crippen molar-refractivity contribution in [2.24, 2.45) is 0 Å². The largest absolute Gasteiger partial charge is 0.311 e. The quantitative estimate of drug-likeness (QED) is 0.162. The Kier molecular flexibility index (Phi) is 8.40. The predicted molar refractivity (Wildman–Crippen MR) is 224 cm³/mol. The molecule has 0 fully saturated rings. The highest BCUT2D eigenvalue weighted by Crippen LogP contribution is 2.45. The molecule has 0 bridgehead atoms. The number of nitrogens with zero attached hydrogens (tertiary/aromatic N) is 2. The molecule has 0 spiro atoms. The van der Waals surface area contributed by atoms with Gasteiger partial charge in [-0.15, -0.1) is 0 Å². The second-order valence-electron chi connectivity index (χ2n) is 18.4. The van der Waals surface area contributed by atoms with Gasteiger partial charge in [0.05, 0.1) is 0 Å². The summed E-state index contributed by atoms with van der Waals surface area (Å²) in [4.78, 5) is 5.06. The maximum atomic E-state index is 2.55. The highest BCUT2D eigenvalue weighted by molar-refractivity contribution is 7.00. The van der Waals surface area contributed by atoms with E-state index in [1.54, 1.807) is 0 Å². The normalized spacial score (nSPS) is 14.3. The fourth-order valence-electron chi connectivity index (χ4n) is 7.97. The molecule has 0 aliphatic carbocycles. The van der Waals surface area contributed by atoms with Crippen molar-refractivity contribution < 1.29 is 0 Å². The monoisotopic (exact) mass is 672 g/mol. The second kappa shape index (κ2) is 12.2. The van der Waals surface area contributed by atoms with Crippen LogP contribution in [0.3, 0.4) is 0 Å². The third kappa shape index (κ3) is 5.91. The van der Waals surface area contributed by atoms with Crippen molar-refractivity contribution in [3.05, 3.63) is 125 Å². The smallest absolute Gasteiger partial charge is 0.252 e. The van der Waals surface area contributed by atoms with Gasteiger partial charge in [0, 0.05) is 34.1 Å². The van der Waals surface area contributed by atoms with Crippen LogP contribution in [0.15, 0.2) is 103 Å². The van der Waals surface area contributed by atoms with Crippen molar-refractivity contribution in [3.63, 3.8) is 0 Å². The fourth-order valence-corrected chi connectivity index (χ4v) is 7.97. The lowest BCUT2D eigenvalue weighted by Gasteiger charge is -2.45. The van der Waals surface area contributed by atoms with E-state index in [1.165, 1.54) is 72.8 Å². The standard InChI is InChI=1S/C48H57BN2/c1-13-47(9,10)33-20-26-37(27-21-33)51-41-29-23-35(48(11,12)14-2)31-39(41)49-38-30-34(46(6,7)8)22-28-40(38)50(42-16-15-17-43(51)44(42)49)36-24-18-32(19-25-36)45(3,4)5/h15-31H,13-14H2,1-12H3. The van der Waals surface area contributed by atoms with Gasteiger partial charge in [0.15, 0.2) is 0 Å². The van der Waals surface area contributed by atoms with Crippen molar-refractivity contribution >= 4 is 57.2 Å². The molecule has 0 aromatic heterocycles. The summed E-state index contributed by atoms with van der Waals surface area (Å²) in [6, 6.07) is 40.3. The number of hydrogen-bond acceptors (Lipinski definition) is 2. The zero-order valence-corrected chi connectivity index (χ0v) is 33.2. The van der Waals surface area contributed by atoms with Gasteiger partial charge >= 0.3 is 0 Å². The van der Waals surface area contributed by atoms with Gasteiger partial charge in [-0.1, -0.05) is 138 Å². The number of anilines is 6. The fraction of sp³-hybridized carbons (Fsp3) is 0.375. The van der Waals surface area contributed by atoms with E-state index in [2.05, 4.69) is 196 Å². The highest BCUT2D eigenvalue weighted by atomic mass is 15.2. The second-order valence-corrected chi connectivity index (χ2v) is 18.4. The average Bonchev–Trinajstić information content (AvgIpc) is 3.10. The number of hydrogen-bond donors (Lipinski definition) is 0. The Hall–Kier alpha value is -4.24. The van der Waals surface area contributed by atoms with Crippen LogP contribution in [-0.2, 0) is 21.7 Å². The van der Waals surface area contributed by atoms with Crippen LogP contribution in [0.1, 0.15) is 118 Å². The van der Waals surface area contributed by atoms with Crippen molar-refractivity contribution in [2.75, 3.05) is 9.80 Å². The third-order valence-corrected chi connectivity index (χ3v) is 12.3. The van der Waals surface area contributed by atoms with Crippen LogP contribution in [0.5, 0.6) is 0 Å². The zero-order chi connectivity index (χ0) is 36.7. The molecule has 2 aliphatic rings. The van der Waals surface area contributed by atoms with Crippen molar-refractivity contribution in [3.8, 4) is 0 Å². The predicted octanol–water partition coefficient (Wildman–Crippen LogP) is 11.7. The Morgan fingerprint density at radius 1 is 0.431 bits per heavy atom. The van der Waals surface area contributed by atoms with Crippen molar-refractivity contribution in [1.82, 2.24) is 0 Å². The van der Waals surface area contributed by atoms with Crippen LogP contribution in [-0.4, -0.2) is 6.71 Å². The van der Waals surface area contributed by atoms with E-state index in [1.807, 2.05) is 0 Å². The molecule has 0 unspecified atom stereocenters. The van der Waals surface area contributed by atoms with Crippen LogP contribution in [0.4, 0.5) is 34.1 Å². The van der Waals surface area contributed by atoms with Crippen LogP contribution in [0.2, 0.25) is 0 Å². The van der Waals surface area contributed by atoms with E-state index >= 15 is 0 Å². The lowest BCUT2D eigenvalue weighted by Crippen LogP contribution is -2.61. The first-order chi connectivity index (χ1) is 24.0. The topological polar surface area (TPSA) is 6.48 Å². The summed E-state index contributed by atoms with van der Waals surface area (Å²) in [5.41, 5.74) is 17.4. The molecule has 2 heterocycles. The molecule has 0 saturated heterocycles. The van der Waals surface area contributed by atoms with E-state index < -0.39 is 0 Å². The van der Waals surface area contributed by atoms with Gasteiger partial charge in [-0.25, -0.2) is 0 Å². The molecule has 0 saturated carbocycles. The molecule has 0 atom stereocenters. The minimum absolute atomic E-state index is 0.0254. The molecular weight excluding hydrogens is 615 g/mol. The molecule has 5 aromatic rings. The van der Waals surface area contributed by atoms with Gasteiger partial charge in [0.2, 0.25) is 0 Å². The SMILES string of the molecule is CCC(C)(C)c1ccc(N2c3ccc(C(C)(C)CC)cc3B3c4cc(C(C)(C)C)ccc4N(c4ccc(C(C)(C)C)cc4)c4cccc2c43)cc1. The summed E-state index contributed by atoms with van der Waals surface area (Å²) in [5.74, 6) is 0. The van der Waals surface area contributed by atoms with E-state index in [-0.39, 0.29) is 28.4 Å². The maximum Gasteiger partial charge on any atom is 0.252 e. The minimum Gasteiger partial charge on any atom is -0.311 e. The summed E-state index contributed by atoms with van der Waals surface area (Å²) in [6.07, 6.45) is 2.19. The molecule has 262 valence electrons. The molecule has 5 aromatic carbocycles. The molecule has 2 nitrogen and oxygen atoms in total. The van der Waals surface area contributed by atoms with E-state index in [9.17, 15) is 0 Å². The van der Waals surface area contributed by atoms with E-state index in [4.69, 9.17) is 0 Å². The molecule has 7 rings (SSSR count). The van der Waals surface area contributed by atoms with Gasteiger partial charge in [-0.2, -0.15) is 0 Å². The third-order valence-electron chi connectivity index (χ3n) is 12.3. The number of fused-ring (bicyclic) bond motifs is 4. The molecule has 2 aliphatic heterocycles. The lowest BCUT2D eigenvalue weighted by molar-refractivity contribution is 0.506. The zero-order valence-electron chi connectivity index (χ0n) is 33.2. The Morgan fingerprint density at radius 2 is 0.824 bits per heavy atom. The molecule has 0 radical (unpaired) electrons. The molecule has 0 amide bonds. The summed E-state index contributed by atoms with van der Waals surface area (Å²) >= 11 is 0. The highest BCUT2D eigenvalue weighted by Gasteiger charge is 2.44. The Balaban J connectivity index is 1.53. The summed E-state index contributed by atoms with van der Waals surface area (Å²) in [7, 11) is 0. The van der Waals surface area contributed by atoms with Crippen LogP contribution in [0.25, 0.3) is 0 Å². The number of rotatable bonds is 6. The first kappa shape index (κ1) is 35.2. The van der Waals surface area contributed by atoms with E-state index in [0.717, 1.165) is 12.8 Å². The lowest BCUT2D eigenvalue weighted by atomic mass is 9.33. The summed E-state index contributed by atoms with van der Waals surface area (Å²) in [5, 5.41) is 0. The maximum absolute atomic E-state index is 2.55. The van der Waals surface area contributed by atoms with Crippen molar-refractivity contribution in [2.45, 2.75) is 118 Å². The van der Waals surface area contributed by atoms with Crippen LogP contribution >= 0.6 is 0 Å². The minimum atomic E-state index is 0.0254. The average molecular weight is 673 g/mol. The van der Waals surface area contributed by atoms with Gasteiger partial charge in [-0.3, -0.25) is 0 Å². The first-order valence-electron chi connectivity index (χ1n) is 19.2. The van der Waals surface area contributed by atoms with Crippen LogP contribution < -0.4 is 26.2 Å². The van der Waals surface area contributed by atoms with E-state index in [0.29, 0.717) is 0 Å². The van der Waals surface area contributed by atoms with Crippen molar-refractivity contribution in [1.29, 1.82) is 0 Å². The summed E-state index contributed by atoms with van der Waals surface area (Å²) < 4.78 is 0. The molecule has 0 N–H and O–H groups in total. The van der Waals surface area contributed by atoms with Crippen LogP contribution in [0, 0.1) is 0 Å². The van der Waals surface area contributed by atoms with Gasteiger partial charge in [-0.05, 0) is 122 Å². The Morgan fingerprint density at radius 3 is 1.27 bits per heavy atom. The van der Waals surface area contributed by atoms with Gasteiger partial charge in [0.25, 0.3) is 6.71 Å². The van der Waals surface area contributed by atoms with Gasteiger partial charge < -0.3 is 9.80 Å². The van der Waals surface area contributed by atoms with Gasteiger partial charge in [0.1, 0.15) is 0 Å². The molecular formula is C48H57BN2. The molecule has 51 heavy (non-hydrogen) atoms. The molecule has 3 heteroatoms. The Bertz CT molecular complexity index is 2090. The Labute approximate surface area is 309 Å². The summed E-state index contributed by atoms with van der Waals surface area (Å²) in [6.45, 7) is 28.1. The first-order valence-corrected chi connectivity index (χ1v) is 19.2. The number of benzene rings is 5.